The van der Waals surface area contributed by atoms with Gasteiger partial charge in [0.15, 0.2) is 18.1 Å². The molecule has 0 unspecified atom stereocenters. The fraction of sp³-hybridized carbons (Fsp3) is 0.273. The highest BCUT2D eigenvalue weighted by Gasteiger charge is 2.05. The molecule has 4 heteroatoms. The molecule has 0 radical (unpaired) electrons. The molecule has 1 aromatic rings. The van der Waals surface area contributed by atoms with E-state index in [4.69, 9.17) is 20.0 Å². The van der Waals surface area contributed by atoms with Gasteiger partial charge in [-0.05, 0) is 19.1 Å². The molecule has 0 aliphatic heterocycles. The highest BCUT2D eigenvalue weighted by Crippen LogP contribution is 2.28. The van der Waals surface area contributed by atoms with Crippen molar-refractivity contribution in [3.05, 3.63) is 23.8 Å². The first kappa shape index (κ1) is 10.9. The third kappa shape index (κ3) is 2.89. The molecule has 0 amide bonds. The van der Waals surface area contributed by atoms with Crippen LogP contribution in [-0.2, 0) is 0 Å². The quantitative estimate of drug-likeness (QED) is 0.747. The predicted octanol–water partition coefficient (Wildman–Crippen LogP) is 1.86. The Bertz CT molecular complexity index is 416. The molecule has 0 aliphatic rings. The Morgan fingerprint density at radius 1 is 1.20 bits per heavy atom. The van der Waals surface area contributed by atoms with E-state index in [9.17, 15) is 0 Å². The van der Waals surface area contributed by atoms with Crippen molar-refractivity contribution in [3.63, 3.8) is 0 Å². The zero-order chi connectivity index (χ0) is 11.1. The van der Waals surface area contributed by atoms with E-state index in [1.165, 1.54) is 0 Å². The lowest BCUT2D eigenvalue weighted by Crippen LogP contribution is -1.99. The predicted molar refractivity (Wildman–Crippen MR) is 53.4 cm³/mol. The van der Waals surface area contributed by atoms with E-state index in [0.29, 0.717) is 23.7 Å². The molecule has 0 aromatic heterocycles. The first-order valence-corrected chi connectivity index (χ1v) is 4.48. The summed E-state index contributed by atoms with van der Waals surface area (Å²) in [5.41, 5.74) is 0.503. The summed E-state index contributed by atoms with van der Waals surface area (Å²) in [5, 5.41) is 17.1. The van der Waals surface area contributed by atoms with Crippen LogP contribution < -0.4 is 9.47 Å². The second-order valence-electron chi connectivity index (χ2n) is 2.65. The van der Waals surface area contributed by atoms with Gasteiger partial charge in [-0.3, -0.25) is 0 Å². The summed E-state index contributed by atoms with van der Waals surface area (Å²) in [6.07, 6.45) is 0. The van der Waals surface area contributed by atoms with E-state index in [1.807, 2.05) is 19.1 Å². The average Bonchev–Trinajstić information content (AvgIpc) is 2.27. The van der Waals surface area contributed by atoms with Gasteiger partial charge >= 0.3 is 0 Å². The molecular formula is C11H10N2O2. The van der Waals surface area contributed by atoms with Crippen LogP contribution >= 0.6 is 0 Å². The van der Waals surface area contributed by atoms with E-state index >= 15 is 0 Å². The van der Waals surface area contributed by atoms with E-state index in [-0.39, 0.29) is 6.61 Å². The third-order valence-corrected chi connectivity index (χ3v) is 1.66. The molecule has 1 aromatic carbocycles. The SMILES string of the molecule is CCOc1cc(C#N)ccc1OCC#N. The molecule has 0 fully saturated rings. The Kier molecular flexibility index (Phi) is 4.00. The normalized spacial score (nSPS) is 8.73. The van der Waals surface area contributed by atoms with Crippen LogP contribution in [-0.4, -0.2) is 13.2 Å². The summed E-state index contributed by atoms with van der Waals surface area (Å²) < 4.78 is 10.4. The minimum absolute atomic E-state index is 0.0357. The summed E-state index contributed by atoms with van der Waals surface area (Å²) in [5.74, 6) is 0.976. The van der Waals surface area contributed by atoms with Crippen LogP contribution in [0.1, 0.15) is 12.5 Å². The largest absolute Gasteiger partial charge is 0.490 e. The van der Waals surface area contributed by atoms with Crippen molar-refractivity contribution in [2.75, 3.05) is 13.2 Å². The van der Waals surface area contributed by atoms with Gasteiger partial charge in [-0.15, -0.1) is 0 Å². The van der Waals surface area contributed by atoms with Gasteiger partial charge in [-0.25, -0.2) is 0 Å². The molecule has 0 bridgehead atoms. The van der Waals surface area contributed by atoms with E-state index in [1.54, 1.807) is 18.2 Å². The zero-order valence-electron chi connectivity index (χ0n) is 8.36. The standard InChI is InChI=1S/C11H10N2O2/c1-2-14-11-7-9(8-13)3-4-10(11)15-6-5-12/h3-4,7H,2,6H2,1H3. The van der Waals surface area contributed by atoms with E-state index in [0.717, 1.165) is 0 Å². The van der Waals surface area contributed by atoms with Gasteiger partial charge in [-0.2, -0.15) is 10.5 Å². The molecule has 0 spiro atoms. The van der Waals surface area contributed by atoms with Gasteiger partial charge in [0.1, 0.15) is 6.07 Å². The fourth-order valence-electron chi connectivity index (χ4n) is 1.08. The van der Waals surface area contributed by atoms with Crippen molar-refractivity contribution in [3.8, 4) is 23.6 Å². The van der Waals surface area contributed by atoms with Crippen molar-refractivity contribution >= 4 is 0 Å². The molecule has 0 N–H and O–H groups in total. The third-order valence-electron chi connectivity index (χ3n) is 1.66. The minimum atomic E-state index is -0.0357. The second kappa shape index (κ2) is 5.51. The molecule has 0 atom stereocenters. The van der Waals surface area contributed by atoms with Crippen LogP contribution in [0.3, 0.4) is 0 Å². The summed E-state index contributed by atoms with van der Waals surface area (Å²) in [7, 11) is 0. The topological polar surface area (TPSA) is 66.0 Å². The Morgan fingerprint density at radius 3 is 2.60 bits per heavy atom. The fourth-order valence-corrected chi connectivity index (χ4v) is 1.08. The number of nitriles is 2. The van der Waals surface area contributed by atoms with Crippen molar-refractivity contribution in [2.45, 2.75) is 6.92 Å². The number of nitrogens with zero attached hydrogens (tertiary/aromatic N) is 2. The van der Waals surface area contributed by atoms with Crippen LogP contribution in [0.5, 0.6) is 11.5 Å². The molecule has 15 heavy (non-hydrogen) atoms. The average molecular weight is 202 g/mol. The van der Waals surface area contributed by atoms with E-state index < -0.39 is 0 Å². The second-order valence-corrected chi connectivity index (χ2v) is 2.65. The van der Waals surface area contributed by atoms with Gasteiger partial charge in [0.05, 0.1) is 18.2 Å². The molecule has 0 heterocycles. The minimum Gasteiger partial charge on any atom is -0.490 e. The summed E-state index contributed by atoms with van der Waals surface area (Å²) >= 11 is 0. The lowest BCUT2D eigenvalue weighted by atomic mass is 10.2. The first-order chi connectivity index (χ1) is 7.31. The number of hydrogen-bond acceptors (Lipinski definition) is 4. The van der Waals surface area contributed by atoms with Crippen LogP contribution in [0.25, 0.3) is 0 Å². The lowest BCUT2D eigenvalue weighted by molar-refractivity contribution is 0.298. The highest BCUT2D eigenvalue weighted by atomic mass is 16.5. The Morgan fingerprint density at radius 2 is 2.00 bits per heavy atom. The van der Waals surface area contributed by atoms with Crippen LogP contribution in [0, 0.1) is 22.7 Å². The maximum absolute atomic E-state index is 8.70. The Hall–Kier alpha value is -2.20. The Labute approximate surface area is 88.3 Å². The molecule has 4 nitrogen and oxygen atoms in total. The van der Waals surface area contributed by atoms with Crippen LogP contribution in [0.15, 0.2) is 18.2 Å². The van der Waals surface area contributed by atoms with Crippen molar-refractivity contribution in [1.29, 1.82) is 10.5 Å². The summed E-state index contributed by atoms with van der Waals surface area (Å²) in [4.78, 5) is 0. The Balaban J connectivity index is 2.95. The van der Waals surface area contributed by atoms with Gasteiger partial charge in [0.2, 0.25) is 0 Å². The van der Waals surface area contributed by atoms with Crippen LogP contribution in [0.4, 0.5) is 0 Å². The molecule has 1 rings (SSSR count). The molecule has 76 valence electrons. The van der Waals surface area contributed by atoms with Gasteiger partial charge in [0.25, 0.3) is 0 Å². The van der Waals surface area contributed by atoms with Crippen molar-refractivity contribution < 1.29 is 9.47 Å². The summed E-state index contributed by atoms with van der Waals surface area (Å²) in [6, 6.07) is 8.72. The lowest BCUT2D eigenvalue weighted by Gasteiger charge is -2.09. The van der Waals surface area contributed by atoms with Crippen LogP contribution in [0.2, 0.25) is 0 Å². The number of ether oxygens (including phenoxy) is 2. The zero-order valence-corrected chi connectivity index (χ0v) is 8.36. The number of hydrogen-bond donors (Lipinski definition) is 0. The van der Waals surface area contributed by atoms with Gasteiger partial charge in [-0.1, -0.05) is 0 Å². The van der Waals surface area contributed by atoms with Crippen molar-refractivity contribution in [2.24, 2.45) is 0 Å². The molecule has 0 saturated carbocycles. The highest BCUT2D eigenvalue weighted by molar-refractivity contribution is 5.46. The molecule has 0 saturated heterocycles. The number of rotatable bonds is 4. The first-order valence-electron chi connectivity index (χ1n) is 4.48. The number of benzene rings is 1. The maximum atomic E-state index is 8.70. The smallest absolute Gasteiger partial charge is 0.174 e. The monoisotopic (exact) mass is 202 g/mol. The summed E-state index contributed by atoms with van der Waals surface area (Å²) in [6.45, 7) is 2.29. The van der Waals surface area contributed by atoms with Gasteiger partial charge in [0, 0.05) is 6.07 Å². The van der Waals surface area contributed by atoms with Gasteiger partial charge < -0.3 is 9.47 Å². The molecular weight excluding hydrogens is 192 g/mol. The van der Waals surface area contributed by atoms with Crippen molar-refractivity contribution in [1.82, 2.24) is 0 Å². The van der Waals surface area contributed by atoms with E-state index in [2.05, 4.69) is 0 Å². The molecule has 0 aliphatic carbocycles. The maximum Gasteiger partial charge on any atom is 0.174 e.